The molecule has 0 fully saturated rings. The second kappa shape index (κ2) is 11.2. The van der Waals surface area contributed by atoms with Crippen molar-refractivity contribution < 1.29 is 29.3 Å². The molecule has 0 spiro atoms. The number of rotatable bonds is 9. The fourth-order valence-corrected chi connectivity index (χ4v) is 4.59. The minimum Gasteiger partial charge on any atom is -0.478 e. The second-order valence-corrected chi connectivity index (χ2v) is 9.40. The molecule has 0 aliphatic heterocycles. The maximum atomic E-state index is 11.1. The van der Waals surface area contributed by atoms with Gasteiger partial charge in [0.15, 0.2) is 0 Å². The highest BCUT2D eigenvalue weighted by Gasteiger charge is 2.31. The molecule has 40 heavy (non-hydrogen) atoms. The third-order valence-corrected chi connectivity index (χ3v) is 6.89. The number of aromatic carboxylic acids is 2. The summed E-state index contributed by atoms with van der Waals surface area (Å²) in [6.07, 6.45) is 0. The lowest BCUT2D eigenvalue weighted by atomic mass is 9.71. The molecule has 0 aromatic heterocycles. The molecule has 0 amide bonds. The molecule has 6 heteroatoms. The van der Waals surface area contributed by atoms with Gasteiger partial charge in [0.2, 0.25) is 0 Å². The molecule has 5 aromatic rings. The first-order valence-electron chi connectivity index (χ1n) is 12.6. The van der Waals surface area contributed by atoms with Gasteiger partial charge in [-0.2, -0.15) is 0 Å². The Hall–Kier alpha value is -5.36. The highest BCUT2D eigenvalue weighted by atomic mass is 16.5. The van der Waals surface area contributed by atoms with Crippen molar-refractivity contribution in [1.29, 1.82) is 0 Å². The van der Waals surface area contributed by atoms with E-state index >= 15 is 0 Å². The predicted molar refractivity (Wildman–Crippen MR) is 152 cm³/mol. The van der Waals surface area contributed by atoms with Crippen LogP contribution in [-0.4, -0.2) is 22.2 Å². The number of hydrogen-bond donors (Lipinski definition) is 2. The number of carboxylic acid groups (broad SMARTS) is 2. The molecule has 2 N–H and O–H groups in total. The highest BCUT2D eigenvalue weighted by Crippen LogP contribution is 2.40. The van der Waals surface area contributed by atoms with E-state index in [0.29, 0.717) is 23.0 Å². The zero-order chi connectivity index (χ0) is 28.1. The van der Waals surface area contributed by atoms with Crippen LogP contribution >= 0.6 is 0 Å². The molecule has 0 unspecified atom stereocenters. The zero-order valence-electron chi connectivity index (χ0n) is 21.7. The van der Waals surface area contributed by atoms with Crippen LogP contribution in [0.2, 0.25) is 0 Å². The quantitative estimate of drug-likeness (QED) is 0.187. The number of carbonyl (C=O) groups is 2. The molecular weight excluding hydrogens is 504 g/mol. The van der Waals surface area contributed by atoms with Crippen LogP contribution in [0.5, 0.6) is 23.0 Å². The van der Waals surface area contributed by atoms with Crippen molar-refractivity contribution in [3.63, 3.8) is 0 Å². The van der Waals surface area contributed by atoms with Crippen molar-refractivity contribution >= 4 is 11.9 Å². The van der Waals surface area contributed by atoms with Crippen LogP contribution in [0.1, 0.15) is 44.3 Å². The summed E-state index contributed by atoms with van der Waals surface area (Å²) in [4.78, 5) is 22.2. The molecule has 6 nitrogen and oxygen atoms in total. The van der Waals surface area contributed by atoms with Gasteiger partial charge in [0.1, 0.15) is 23.0 Å². The van der Waals surface area contributed by atoms with Gasteiger partial charge in [0.05, 0.1) is 11.1 Å². The molecule has 0 saturated heterocycles. The van der Waals surface area contributed by atoms with E-state index in [1.807, 2.05) is 66.7 Å². The van der Waals surface area contributed by atoms with E-state index in [-0.39, 0.29) is 11.1 Å². The van der Waals surface area contributed by atoms with Crippen molar-refractivity contribution in [3.05, 3.63) is 155 Å². The summed E-state index contributed by atoms with van der Waals surface area (Å²) in [5.41, 5.74) is 3.16. The third-order valence-electron chi connectivity index (χ3n) is 6.89. The summed E-state index contributed by atoms with van der Waals surface area (Å²) in [5, 5.41) is 18.2. The minimum absolute atomic E-state index is 0.203. The van der Waals surface area contributed by atoms with Crippen LogP contribution in [-0.2, 0) is 5.41 Å². The van der Waals surface area contributed by atoms with Gasteiger partial charge >= 0.3 is 11.9 Å². The van der Waals surface area contributed by atoms with Gasteiger partial charge in [-0.05, 0) is 96.4 Å². The second-order valence-electron chi connectivity index (χ2n) is 9.40. The number of carboxylic acids is 2. The van der Waals surface area contributed by atoms with Crippen molar-refractivity contribution in [2.24, 2.45) is 0 Å². The van der Waals surface area contributed by atoms with Crippen LogP contribution in [0.3, 0.4) is 0 Å². The summed E-state index contributed by atoms with van der Waals surface area (Å²) >= 11 is 0. The molecule has 0 radical (unpaired) electrons. The summed E-state index contributed by atoms with van der Waals surface area (Å²) in [5.74, 6) is 0.420. The predicted octanol–water partition coefficient (Wildman–Crippen LogP) is 8.02. The van der Waals surface area contributed by atoms with E-state index < -0.39 is 17.4 Å². The third kappa shape index (κ3) is 5.56. The Morgan fingerprint density at radius 1 is 0.475 bits per heavy atom. The lowest BCUT2D eigenvalue weighted by Crippen LogP contribution is -2.25. The van der Waals surface area contributed by atoms with E-state index in [1.54, 1.807) is 24.3 Å². The van der Waals surface area contributed by atoms with Crippen molar-refractivity contribution in [2.45, 2.75) is 12.3 Å². The van der Waals surface area contributed by atoms with Crippen LogP contribution < -0.4 is 9.47 Å². The Labute approximate surface area is 231 Å². The first-order valence-corrected chi connectivity index (χ1v) is 12.6. The highest BCUT2D eigenvalue weighted by molar-refractivity contribution is 5.88. The Morgan fingerprint density at radius 2 is 0.775 bits per heavy atom. The van der Waals surface area contributed by atoms with Crippen molar-refractivity contribution in [2.75, 3.05) is 0 Å². The Morgan fingerprint density at radius 3 is 1.10 bits per heavy atom. The van der Waals surface area contributed by atoms with Crippen LogP contribution in [0.25, 0.3) is 0 Å². The maximum Gasteiger partial charge on any atom is 0.335 e. The van der Waals surface area contributed by atoms with Gasteiger partial charge in [-0.1, -0.05) is 54.6 Å². The lowest BCUT2D eigenvalue weighted by Gasteiger charge is -2.32. The maximum absolute atomic E-state index is 11.1. The van der Waals surface area contributed by atoms with Gasteiger partial charge < -0.3 is 19.7 Å². The molecule has 5 aromatic carbocycles. The number of ether oxygens (including phenoxy) is 2. The van der Waals surface area contributed by atoms with Crippen LogP contribution in [0.4, 0.5) is 0 Å². The van der Waals surface area contributed by atoms with Gasteiger partial charge in [0.25, 0.3) is 0 Å². The summed E-state index contributed by atoms with van der Waals surface area (Å²) in [7, 11) is 0. The van der Waals surface area contributed by atoms with Gasteiger partial charge in [-0.15, -0.1) is 0 Å². The summed E-state index contributed by atoms with van der Waals surface area (Å²) in [6, 6.07) is 38.5. The average molecular weight is 531 g/mol. The van der Waals surface area contributed by atoms with E-state index in [9.17, 15) is 9.59 Å². The van der Waals surface area contributed by atoms with Crippen molar-refractivity contribution in [3.8, 4) is 23.0 Å². The molecule has 0 bridgehead atoms. The SMILES string of the molecule is CC(c1ccccc1)(c1ccc(Oc2ccc(C(=O)O)cc2)cc1)c1ccc(Oc2ccc(C(=O)O)cc2)cc1. The van der Waals surface area contributed by atoms with Crippen LogP contribution in [0.15, 0.2) is 127 Å². The average Bonchev–Trinajstić information content (AvgIpc) is 2.98. The molecule has 0 atom stereocenters. The molecular formula is C34H26O6. The Balaban J connectivity index is 1.41. The fraction of sp³-hybridized carbons (Fsp3) is 0.0588. The smallest absolute Gasteiger partial charge is 0.335 e. The van der Waals surface area contributed by atoms with Gasteiger partial charge in [-0.25, -0.2) is 9.59 Å². The Bertz CT molecular complexity index is 1500. The summed E-state index contributed by atoms with van der Waals surface area (Å²) in [6.45, 7) is 2.17. The monoisotopic (exact) mass is 530 g/mol. The van der Waals surface area contributed by atoms with Gasteiger partial charge in [-0.3, -0.25) is 0 Å². The standard InChI is InChI=1S/C34H26O6/c1-34(25-5-3-2-4-6-25,26-11-19-30(20-12-26)39-28-15-7-23(8-16-28)32(35)36)27-13-21-31(22-14-27)40-29-17-9-24(10-18-29)33(37)38/h2-22H,1H3,(H,35,36)(H,37,38). The lowest BCUT2D eigenvalue weighted by molar-refractivity contribution is 0.0686. The van der Waals surface area contributed by atoms with E-state index in [0.717, 1.165) is 16.7 Å². The topological polar surface area (TPSA) is 93.1 Å². The summed E-state index contributed by atoms with van der Waals surface area (Å²) < 4.78 is 11.9. The minimum atomic E-state index is -0.981. The first kappa shape index (κ1) is 26.3. The number of benzene rings is 5. The largest absolute Gasteiger partial charge is 0.478 e. The fourth-order valence-electron chi connectivity index (χ4n) is 4.59. The van der Waals surface area contributed by atoms with E-state index in [1.165, 1.54) is 24.3 Å². The normalized spacial score (nSPS) is 11.0. The zero-order valence-corrected chi connectivity index (χ0v) is 21.7. The van der Waals surface area contributed by atoms with E-state index in [2.05, 4.69) is 19.1 Å². The van der Waals surface area contributed by atoms with Crippen LogP contribution in [0, 0.1) is 0 Å². The molecule has 0 aliphatic rings. The Kier molecular flexibility index (Phi) is 7.33. The molecule has 0 aliphatic carbocycles. The van der Waals surface area contributed by atoms with Crippen molar-refractivity contribution in [1.82, 2.24) is 0 Å². The molecule has 5 rings (SSSR count). The molecule has 198 valence electrons. The first-order chi connectivity index (χ1) is 19.3. The van der Waals surface area contributed by atoms with E-state index in [4.69, 9.17) is 19.7 Å². The molecule has 0 heterocycles. The number of hydrogen-bond acceptors (Lipinski definition) is 4. The van der Waals surface area contributed by atoms with Gasteiger partial charge in [0, 0.05) is 5.41 Å². The molecule has 0 saturated carbocycles.